The maximum absolute atomic E-state index is 10.8. The molecule has 0 amide bonds. The van der Waals surface area contributed by atoms with Crippen LogP contribution < -0.4 is 10.1 Å². The lowest BCUT2D eigenvalue weighted by atomic mass is 10.1. The molecule has 0 aromatic carbocycles. The van der Waals surface area contributed by atoms with E-state index in [1.54, 1.807) is 12.4 Å². The van der Waals surface area contributed by atoms with E-state index >= 15 is 0 Å². The number of rotatable bonds is 2. The highest BCUT2D eigenvalue weighted by molar-refractivity contribution is 5.86. The molecule has 92 valence electrons. The van der Waals surface area contributed by atoms with Gasteiger partial charge in [-0.15, -0.1) is 0 Å². The fraction of sp³-hybridized carbons (Fsp3) is 0.167. The van der Waals surface area contributed by atoms with Crippen molar-refractivity contribution in [2.24, 2.45) is 0 Å². The third kappa shape index (κ3) is 1.77. The van der Waals surface area contributed by atoms with E-state index in [1.807, 2.05) is 12.1 Å². The first-order valence-electron chi connectivity index (χ1n) is 5.41. The molecule has 0 fully saturated rings. The second kappa shape index (κ2) is 4.06. The van der Waals surface area contributed by atoms with E-state index in [0.29, 0.717) is 18.2 Å². The molecule has 1 unspecified atom stereocenters. The number of furan rings is 1. The maximum Gasteiger partial charge on any atom is 0.372 e. The van der Waals surface area contributed by atoms with Crippen molar-refractivity contribution in [3.63, 3.8) is 0 Å². The van der Waals surface area contributed by atoms with E-state index in [1.165, 1.54) is 6.07 Å². The number of carboxylic acid groups (broad SMARTS) is 1. The number of anilines is 1. The van der Waals surface area contributed by atoms with Gasteiger partial charge in [-0.25, -0.2) is 4.79 Å². The second-order valence-electron chi connectivity index (χ2n) is 3.88. The molecule has 0 spiro atoms. The minimum Gasteiger partial charge on any atom is -0.478 e. The van der Waals surface area contributed by atoms with Crippen molar-refractivity contribution >= 4 is 11.9 Å². The number of hydrogen-bond acceptors (Lipinski definition) is 5. The van der Waals surface area contributed by atoms with Gasteiger partial charge in [0, 0.05) is 24.0 Å². The molecule has 1 aliphatic rings. The van der Waals surface area contributed by atoms with Gasteiger partial charge in [-0.1, -0.05) is 6.07 Å². The number of nitrogens with one attached hydrogen (secondary N) is 1. The zero-order chi connectivity index (χ0) is 12.5. The van der Waals surface area contributed by atoms with Crippen LogP contribution in [-0.4, -0.2) is 22.6 Å². The van der Waals surface area contributed by atoms with Crippen LogP contribution in [0.25, 0.3) is 0 Å². The molecule has 18 heavy (non-hydrogen) atoms. The largest absolute Gasteiger partial charge is 0.478 e. The fourth-order valence-corrected chi connectivity index (χ4v) is 1.82. The zero-order valence-corrected chi connectivity index (χ0v) is 9.29. The molecule has 6 heteroatoms. The van der Waals surface area contributed by atoms with Gasteiger partial charge in [-0.2, -0.15) is 0 Å². The van der Waals surface area contributed by atoms with Gasteiger partial charge in [0.2, 0.25) is 11.6 Å². The van der Waals surface area contributed by atoms with Gasteiger partial charge in [0.05, 0.1) is 6.54 Å². The highest BCUT2D eigenvalue weighted by Gasteiger charge is 2.26. The Kier molecular flexibility index (Phi) is 2.40. The Morgan fingerprint density at radius 1 is 1.56 bits per heavy atom. The SMILES string of the molecule is O=C(O)c1cc2c(o1)NCC(c1cccnc1)O2. The third-order valence-corrected chi connectivity index (χ3v) is 2.68. The van der Waals surface area contributed by atoms with Gasteiger partial charge in [-0.05, 0) is 6.07 Å². The number of hydrogen-bond donors (Lipinski definition) is 2. The molecule has 6 nitrogen and oxygen atoms in total. The Morgan fingerprint density at radius 2 is 2.44 bits per heavy atom. The number of carbonyl (C=O) groups is 1. The molecule has 3 heterocycles. The number of aromatic nitrogens is 1. The smallest absolute Gasteiger partial charge is 0.372 e. The average molecular weight is 246 g/mol. The van der Waals surface area contributed by atoms with Crippen molar-refractivity contribution < 1.29 is 19.1 Å². The molecule has 0 saturated heterocycles. The minimum atomic E-state index is -1.12. The average Bonchev–Trinajstić information content (AvgIpc) is 2.82. The van der Waals surface area contributed by atoms with Crippen molar-refractivity contribution in [2.45, 2.75) is 6.10 Å². The molecule has 0 bridgehead atoms. The molecule has 3 rings (SSSR count). The lowest BCUT2D eigenvalue weighted by molar-refractivity contribution is 0.0663. The molecule has 0 aliphatic carbocycles. The number of ether oxygens (including phenoxy) is 1. The highest BCUT2D eigenvalue weighted by Crippen LogP contribution is 2.36. The Balaban J connectivity index is 1.87. The van der Waals surface area contributed by atoms with Crippen molar-refractivity contribution in [3.05, 3.63) is 41.9 Å². The normalized spacial score (nSPS) is 17.4. The summed E-state index contributed by atoms with van der Waals surface area (Å²) >= 11 is 0. The van der Waals surface area contributed by atoms with Crippen LogP contribution in [0.3, 0.4) is 0 Å². The fourth-order valence-electron chi connectivity index (χ4n) is 1.82. The summed E-state index contributed by atoms with van der Waals surface area (Å²) in [5, 5.41) is 11.8. The molecular formula is C12H10N2O4. The van der Waals surface area contributed by atoms with Crippen LogP contribution in [0.2, 0.25) is 0 Å². The number of aromatic carboxylic acids is 1. The Labute approximate surface area is 102 Å². The van der Waals surface area contributed by atoms with E-state index in [4.69, 9.17) is 14.3 Å². The summed E-state index contributed by atoms with van der Waals surface area (Å²) in [4.78, 5) is 14.8. The molecule has 2 aromatic heterocycles. The first-order chi connectivity index (χ1) is 8.74. The molecule has 1 atom stereocenters. The van der Waals surface area contributed by atoms with Crippen molar-refractivity contribution in [3.8, 4) is 5.75 Å². The van der Waals surface area contributed by atoms with Gasteiger partial charge < -0.3 is 19.6 Å². The predicted octanol–water partition coefficient (Wildman–Crippen LogP) is 1.92. The highest BCUT2D eigenvalue weighted by atomic mass is 16.5. The van der Waals surface area contributed by atoms with E-state index in [-0.39, 0.29) is 11.9 Å². The Bertz CT molecular complexity index is 579. The van der Waals surface area contributed by atoms with Crippen molar-refractivity contribution in [1.29, 1.82) is 0 Å². The maximum atomic E-state index is 10.8. The Hall–Kier alpha value is -2.50. The monoisotopic (exact) mass is 246 g/mol. The zero-order valence-electron chi connectivity index (χ0n) is 9.29. The molecular weight excluding hydrogens is 236 g/mol. The summed E-state index contributed by atoms with van der Waals surface area (Å²) in [5.74, 6) is -0.493. The van der Waals surface area contributed by atoms with Crippen LogP contribution >= 0.6 is 0 Å². The van der Waals surface area contributed by atoms with Crippen LogP contribution in [0.5, 0.6) is 5.75 Å². The summed E-state index contributed by atoms with van der Waals surface area (Å²) in [6, 6.07) is 5.10. The summed E-state index contributed by atoms with van der Waals surface area (Å²) in [7, 11) is 0. The van der Waals surface area contributed by atoms with Crippen molar-refractivity contribution in [1.82, 2.24) is 4.98 Å². The lowest BCUT2D eigenvalue weighted by Crippen LogP contribution is -2.22. The number of nitrogens with zero attached hydrogens (tertiary/aromatic N) is 1. The van der Waals surface area contributed by atoms with Gasteiger partial charge in [-0.3, -0.25) is 4.98 Å². The predicted molar refractivity (Wildman–Crippen MR) is 61.8 cm³/mol. The van der Waals surface area contributed by atoms with Crippen LogP contribution in [0, 0.1) is 0 Å². The van der Waals surface area contributed by atoms with Gasteiger partial charge in [0.15, 0.2) is 5.75 Å². The van der Waals surface area contributed by atoms with Crippen LogP contribution in [0.15, 0.2) is 35.0 Å². The lowest BCUT2D eigenvalue weighted by Gasteiger charge is -2.23. The molecule has 0 saturated carbocycles. The second-order valence-corrected chi connectivity index (χ2v) is 3.88. The molecule has 2 N–H and O–H groups in total. The first-order valence-corrected chi connectivity index (χ1v) is 5.41. The number of carboxylic acids is 1. The van der Waals surface area contributed by atoms with Crippen LogP contribution in [0.4, 0.5) is 5.88 Å². The summed E-state index contributed by atoms with van der Waals surface area (Å²) in [5.41, 5.74) is 0.925. The number of pyridine rings is 1. The topological polar surface area (TPSA) is 84.6 Å². The van der Waals surface area contributed by atoms with E-state index in [2.05, 4.69) is 10.3 Å². The van der Waals surface area contributed by atoms with Gasteiger partial charge in [0.25, 0.3) is 0 Å². The van der Waals surface area contributed by atoms with Crippen molar-refractivity contribution in [2.75, 3.05) is 11.9 Å². The summed E-state index contributed by atoms with van der Waals surface area (Å²) in [6.07, 6.45) is 3.20. The third-order valence-electron chi connectivity index (χ3n) is 2.68. The quantitative estimate of drug-likeness (QED) is 0.842. The van der Waals surface area contributed by atoms with Gasteiger partial charge >= 0.3 is 5.97 Å². The first kappa shape index (κ1) is 10.6. The van der Waals surface area contributed by atoms with E-state index < -0.39 is 5.97 Å². The van der Waals surface area contributed by atoms with E-state index in [9.17, 15) is 4.79 Å². The summed E-state index contributed by atoms with van der Waals surface area (Å²) < 4.78 is 10.8. The van der Waals surface area contributed by atoms with Crippen LogP contribution in [-0.2, 0) is 0 Å². The molecule has 1 aliphatic heterocycles. The van der Waals surface area contributed by atoms with Gasteiger partial charge in [0.1, 0.15) is 6.10 Å². The standard InChI is InChI=1S/C12H10N2O4/c15-12(16)9-4-8-11(18-9)14-6-10(17-8)7-2-1-3-13-5-7/h1-5,10,14H,6H2,(H,15,16). The molecule has 0 radical (unpaired) electrons. The molecule has 2 aromatic rings. The number of fused-ring (bicyclic) bond motifs is 1. The van der Waals surface area contributed by atoms with Crippen LogP contribution in [0.1, 0.15) is 22.2 Å². The van der Waals surface area contributed by atoms with E-state index in [0.717, 1.165) is 5.56 Å². The minimum absolute atomic E-state index is 0.140. The Morgan fingerprint density at radius 3 is 3.17 bits per heavy atom. The summed E-state index contributed by atoms with van der Waals surface area (Å²) in [6.45, 7) is 0.505.